The molecule has 1 aliphatic heterocycles. The van der Waals surface area contributed by atoms with E-state index in [0.717, 1.165) is 18.9 Å². The zero-order chi connectivity index (χ0) is 15.4. The van der Waals surface area contributed by atoms with E-state index < -0.39 is 0 Å². The van der Waals surface area contributed by atoms with Gasteiger partial charge in [0.1, 0.15) is 0 Å². The van der Waals surface area contributed by atoms with Gasteiger partial charge >= 0.3 is 0 Å². The van der Waals surface area contributed by atoms with Gasteiger partial charge in [0.15, 0.2) is 5.13 Å². The first kappa shape index (κ1) is 16.8. The third-order valence-corrected chi connectivity index (χ3v) is 5.73. The van der Waals surface area contributed by atoms with Crippen molar-refractivity contribution in [1.82, 2.24) is 10.3 Å². The number of nitrogens with one attached hydrogen (secondary N) is 1. The average Bonchev–Trinajstić information content (AvgIpc) is 3.10. The highest BCUT2D eigenvalue weighted by molar-refractivity contribution is 7.15. The Morgan fingerprint density at radius 3 is 2.67 bits per heavy atom. The van der Waals surface area contributed by atoms with E-state index in [9.17, 15) is 0 Å². The molecule has 2 heterocycles. The molecule has 21 heavy (non-hydrogen) atoms. The predicted molar refractivity (Wildman–Crippen MR) is 93.4 cm³/mol. The quantitative estimate of drug-likeness (QED) is 0.809. The number of hydrogen-bond donors (Lipinski definition) is 1. The fourth-order valence-corrected chi connectivity index (χ4v) is 3.99. The van der Waals surface area contributed by atoms with Gasteiger partial charge in [-0.05, 0) is 24.7 Å². The molecule has 0 aromatic carbocycles. The average molecular weight is 310 g/mol. The molecule has 2 rings (SSSR count). The van der Waals surface area contributed by atoms with E-state index in [2.05, 4.69) is 44.8 Å². The zero-order valence-electron chi connectivity index (χ0n) is 14.3. The lowest BCUT2D eigenvalue weighted by molar-refractivity contribution is 0.569. The number of thiazole rings is 1. The lowest BCUT2D eigenvalue weighted by Gasteiger charge is -2.14. The van der Waals surface area contributed by atoms with Gasteiger partial charge in [-0.15, -0.1) is 11.3 Å². The first-order valence-corrected chi connectivity index (χ1v) is 9.34. The van der Waals surface area contributed by atoms with Crippen molar-refractivity contribution >= 4 is 16.5 Å². The molecule has 120 valence electrons. The van der Waals surface area contributed by atoms with Crippen molar-refractivity contribution in [2.75, 3.05) is 18.0 Å². The van der Waals surface area contributed by atoms with E-state index in [1.807, 2.05) is 11.3 Å². The molecule has 1 fully saturated rings. The van der Waals surface area contributed by atoms with Crippen LogP contribution >= 0.6 is 11.3 Å². The van der Waals surface area contributed by atoms with E-state index in [0.29, 0.717) is 12.0 Å². The van der Waals surface area contributed by atoms with Crippen LogP contribution in [0.2, 0.25) is 0 Å². The fourth-order valence-electron chi connectivity index (χ4n) is 2.83. The van der Waals surface area contributed by atoms with Crippen molar-refractivity contribution in [3.05, 3.63) is 10.6 Å². The zero-order valence-corrected chi connectivity index (χ0v) is 15.1. The highest BCUT2D eigenvalue weighted by Crippen LogP contribution is 2.35. The van der Waals surface area contributed by atoms with Crippen LogP contribution in [0.3, 0.4) is 0 Å². The minimum atomic E-state index is 0.525. The standard InChI is InChI=1S/C17H31N3S/c1-6-13(5)16-15(10-18-12(3)4)21-17(19-16)20-9-8-14(7-2)11-20/h12-14,18H,6-11H2,1-5H3. The van der Waals surface area contributed by atoms with Crippen molar-refractivity contribution < 1.29 is 0 Å². The topological polar surface area (TPSA) is 28.2 Å². The maximum absolute atomic E-state index is 5.01. The molecule has 0 spiro atoms. The van der Waals surface area contributed by atoms with E-state index >= 15 is 0 Å². The first-order chi connectivity index (χ1) is 10.0. The van der Waals surface area contributed by atoms with Gasteiger partial charge in [-0.2, -0.15) is 0 Å². The van der Waals surface area contributed by atoms with Crippen molar-refractivity contribution in [3.63, 3.8) is 0 Å². The Hall–Kier alpha value is -0.610. The lowest BCUT2D eigenvalue weighted by atomic mass is 10.0. The van der Waals surface area contributed by atoms with Gasteiger partial charge in [-0.25, -0.2) is 4.98 Å². The van der Waals surface area contributed by atoms with Crippen LogP contribution in [0.15, 0.2) is 0 Å². The normalized spacial score (nSPS) is 20.5. The van der Waals surface area contributed by atoms with Crippen LogP contribution in [-0.4, -0.2) is 24.1 Å². The number of rotatable bonds is 7. The Balaban J connectivity index is 2.15. The summed E-state index contributed by atoms with van der Waals surface area (Å²) in [6.07, 6.45) is 3.78. The van der Waals surface area contributed by atoms with E-state index in [-0.39, 0.29) is 0 Å². The second-order valence-electron chi connectivity index (χ2n) is 6.66. The summed E-state index contributed by atoms with van der Waals surface area (Å²) in [6.45, 7) is 14.6. The van der Waals surface area contributed by atoms with Gasteiger partial charge in [-0.1, -0.05) is 41.0 Å². The maximum atomic E-state index is 5.01. The van der Waals surface area contributed by atoms with Gasteiger partial charge < -0.3 is 10.2 Å². The Morgan fingerprint density at radius 1 is 1.33 bits per heavy atom. The molecule has 0 amide bonds. The number of aromatic nitrogens is 1. The summed E-state index contributed by atoms with van der Waals surface area (Å²) in [4.78, 5) is 8.96. The molecule has 3 nitrogen and oxygen atoms in total. The predicted octanol–water partition coefficient (Wildman–Crippen LogP) is 4.39. The molecule has 1 aliphatic rings. The summed E-state index contributed by atoms with van der Waals surface area (Å²) in [5.74, 6) is 1.42. The molecule has 2 atom stereocenters. The van der Waals surface area contributed by atoms with Crippen LogP contribution in [0.1, 0.15) is 70.4 Å². The third-order valence-electron chi connectivity index (χ3n) is 4.60. The molecular formula is C17H31N3S. The summed E-state index contributed by atoms with van der Waals surface area (Å²) in [6, 6.07) is 0.525. The Labute approximate surface area is 134 Å². The second-order valence-corrected chi connectivity index (χ2v) is 7.72. The van der Waals surface area contributed by atoms with Crippen LogP contribution in [0.5, 0.6) is 0 Å². The largest absolute Gasteiger partial charge is 0.348 e. The van der Waals surface area contributed by atoms with E-state index in [1.54, 1.807) is 0 Å². The molecule has 4 heteroatoms. The van der Waals surface area contributed by atoms with Gasteiger partial charge in [0, 0.05) is 30.6 Å². The SMILES string of the molecule is CCC1CCN(c2nc(C(C)CC)c(CNC(C)C)s2)C1. The number of nitrogens with zero attached hydrogens (tertiary/aromatic N) is 2. The smallest absolute Gasteiger partial charge is 0.185 e. The van der Waals surface area contributed by atoms with Crippen molar-refractivity contribution in [3.8, 4) is 0 Å². The molecule has 1 N–H and O–H groups in total. The summed E-state index contributed by atoms with van der Waals surface area (Å²) >= 11 is 1.91. The molecule has 2 unspecified atom stereocenters. The van der Waals surface area contributed by atoms with Crippen LogP contribution in [0.4, 0.5) is 5.13 Å². The van der Waals surface area contributed by atoms with Gasteiger partial charge in [0.05, 0.1) is 5.69 Å². The van der Waals surface area contributed by atoms with Gasteiger partial charge in [0.25, 0.3) is 0 Å². The Bertz CT molecular complexity index is 441. The summed E-state index contributed by atoms with van der Waals surface area (Å²) in [5, 5.41) is 4.81. The van der Waals surface area contributed by atoms with Gasteiger partial charge in [0.2, 0.25) is 0 Å². The van der Waals surface area contributed by atoms with Crippen LogP contribution in [0.25, 0.3) is 0 Å². The molecule has 1 aromatic rings. The monoisotopic (exact) mass is 309 g/mol. The third kappa shape index (κ3) is 4.19. The fraction of sp³-hybridized carbons (Fsp3) is 0.824. The first-order valence-electron chi connectivity index (χ1n) is 8.53. The number of hydrogen-bond acceptors (Lipinski definition) is 4. The van der Waals surface area contributed by atoms with Crippen molar-refractivity contribution in [1.29, 1.82) is 0 Å². The summed E-state index contributed by atoms with van der Waals surface area (Å²) < 4.78 is 0. The highest BCUT2D eigenvalue weighted by Gasteiger charge is 2.25. The molecule has 0 saturated carbocycles. The van der Waals surface area contributed by atoms with Gasteiger partial charge in [-0.3, -0.25) is 0 Å². The molecule has 1 saturated heterocycles. The van der Waals surface area contributed by atoms with Crippen molar-refractivity contribution in [2.45, 2.75) is 72.4 Å². The second kappa shape index (κ2) is 7.59. The van der Waals surface area contributed by atoms with Crippen LogP contribution < -0.4 is 10.2 Å². The van der Waals surface area contributed by atoms with E-state index in [1.165, 1.54) is 41.6 Å². The lowest BCUT2D eigenvalue weighted by Crippen LogP contribution is -2.22. The Morgan fingerprint density at radius 2 is 2.10 bits per heavy atom. The number of anilines is 1. The molecule has 1 aromatic heterocycles. The molecule has 0 aliphatic carbocycles. The minimum Gasteiger partial charge on any atom is -0.348 e. The Kier molecular flexibility index (Phi) is 6.06. The molecular weight excluding hydrogens is 278 g/mol. The summed E-state index contributed by atoms with van der Waals surface area (Å²) in [5.41, 5.74) is 1.32. The molecule has 0 radical (unpaired) electrons. The summed E-state index contributed by atoms with van der Waals surface area (Å²) in [7, 11) is 0. The van der Waals surface area contributed by atoms with Crippen molar-refractivity contribution in [2.24, 2.45) is 5.92 Å². The van der Waals surface area contributed by atoms with Crippen LogP contribution in [-0.2, 0) is 6.54 Å². The highest BCUT2D eigenvalue weighted by atomic mass is 32.1. The molecule has 0 bridgehead atoms. The van der Waals surface area contributed by atoms with E-state index in [4.69, 9.17) is 4.98 Å². The maximum Gasteiger partial charge on any atom is 0.185 e. The van der Waals surface area contributed by atoms with Crippen LogP contribution in [0, 0.1) is 5.92 Å². The minimum absolute atomic E-state index is 0.525.